The number of halogens is 1. The van der Waals surface area contributed by atoms with Crippen LogP contribution in [-0.2, 0) is 21.2 Å². The Morgan fingerprint density at radius 1 is 1.06 bits per heavy atom. The van der Waals surface area contributed by atoms with Crippen LogP contribution >= 0.6 is 0 Å². The van der Waals surface area contributed by atoms with E-state index in [9.17, 15) is 17.6 Å². The van der Waals surface area contributed by atoms with E-state index in [-0.39, 0.29) is 35.8 Å². The predicted octanol–water partition coefficient (Wildman–Crippen LogP) is 2.84. The van der Waals surface area contributed by atoms with Gasteiger partial charge < -0.3 is 4.42 Å². The van der Waals surface area contributed by atoms with Crippen LogP contribution in [0.25, 0.3) is 0 Å². The highest BCUT2D eigenvalue weighted by Crippen LogP contribution is 2.25. The van der Waals surface area contributed by atoms with E-state index in [4.69, 9.17) is 4.42 Å². The molecule has 10 heteroatoms. The number of sulfonamides is 1. The van der Waals surface area contributed by atoms with E-state index in [2.05, 4.69) is 15.5 Å². The Bertz CT molecular complexity index is 1140. The van der Waals surface area contributed by atoms with Gasteiger partial charge >= 0.3 is 6.01 Å². The molecule has 4 rings (SSSR count). The lowest BCUT2D eigenvalue weighted by Gasteiger charge is -2.30. The first-order chi connectivity index (χ1) is 14.9. The number of nitrogens with zero attached hydrogens (tertiary/aromatic N) is 3. The number of aromatic nitrogens is 2. The summed E-state index contributed by atoms with van der Waals surface area (Å²) in [6.45, 7) is 0.391. The molecule has 31 heavy (non-hydrogen) atoms. The first-order valence-corrected chi connectivity index (χ1v) is 11.3. The Hall–Kier alpha value is -3.11. The third kappa shape index (κ3) is 4.97. The van der Waals surface area contributed by atoms with Gasteiger partial charge in [-0.05, 0) is 42.7 Å². The molecule has 8 nitrogen and oxygen atoms in total. The largest absolute Gasteiger partial charge is 0.407 e. The number of rotatable bonds is 6. The fraction of sp³-hybridized carbons (Fsp3) is 0.286. The van der Waals surface area contributed by atoms with Crippen LogP contribution in [0.4, 0.5) is 10.4 Å². The van der Waals surface area contributed by atoms with E-state index in [1.807, 2.05) is 30.3 Å². The van der Waals surface area contributed by atoms with E-state index in [0.29, 0.717) is 25.2 Å². The minimum atomic E-state index is -3.72. The number of benzene rings is 2. The van der Waals surface area contributed by atoms with Crippen molar-refractivity contribution < 1.29 is 22.0 Å². The van der Waals surface area contributed by atoms with Gasteiger partial charge in [0.25, 0.3) is 0 Å². The van der Waals surface area contributed by atoms with Gasteiger partial charge in [0.2, 0.25) is 21.8 Å². The second-order valence-electron chi connectivity index (χ2n) is 7.28. The van der Waals surface area contributed by atoms with Gasteiger partial charge in [0, 0.05) is 19.0 Å². The summed E-state index contributed by atoms with van der Waals surface area (Å²) in [5.41, 5.74) is 1.01. The smallest absolute Gasteiger partial charge is 0.322 e. The molecule has 2 aromatic carbocycles. The molecule has 0 radical (unpaired) electrons. The van der Waals surface area contributed by atoms with E-state index in [1.54, 1.807) is 0 Å². The number of hydrogen-bond donors (Lipinski definition) is 1. The molecule has 1 saturated heterocycles. The summed E-state index contributed by atoms with van der Waals surface area (Å²) in [5.74, 6) is -0.762. The van der Waals surface area contributed by atoms with Crippen molar-refractivity contribution in [3.05, 3.63) is 71.9 Å². The van der Waals surface area contributed by atoms with Crippen LogP contribution in [0.5, 0.6) is 0 Å². The highest BCUT2D eigenvalue weighted by Gasteiger charge is 2.32. The lowest BCUT2D eigenvalue weighted by molar-refractivity contribution is -0.121. The lowest BCUT2D eigenvalue weighted by atomic mass is 9.97. The van der Waals surface area contributed by atoms with Gasteiger partial charge in [-0.2, -0.15) is 4.31 Å². The van der Waals surface area contributed by atoms with Crippen molar-refractivity contribution in [1.82, 2.24) is 14.5 Å². The van der Waals surface area contributed by atoms with Gasteiger partial charge in [0.15, 0.2) is 0 Å². The van der Waals surface area contributed by atoms with E-state index in [1.165, 1.54) is 16.4 Å². The van der Waals surface area contributed by atoms with Gasteiger partial charge in [0.05, 0.1) is 11.3 Å². The summed E-state index contributed by atoms with van der Waals surface area (Å²) in [5, 5.41) is 10.4. The van der Waals surface area contributed by atoms with Crippen molar-refractivity contribution >= 4 is 21.9 Å². The highest BCUT2D eigenvalue weighted by atomic mass is 32.2. The SMILES string of the molecule is O=C(Nc1nnc(Cc2ccccc2)o1)C1CCN(S(=O)(=O)c2ccc(F)cc2)CC1. The average Bonchev–Trinajstić information content (AvgIpc) is 3.21. The van der Waals surface area contributed by atoms with Crippen LogP contribution in [0.1, 0.15) is 24.3 Å². The van der Waals surface area contributed by atoms with Gasteiger partial charge in [-0.1, -0.05) is 35.4 Å². The monoisotopic (exact) mass is 444 g/mol. The zero-order chi connectivity index (χ0) is 21.8. The maximum atomic E-state index is 13.1. The molecule has 1 fully saturated rings. The number of anilines is 1. The van der Waals surface area contributed by atoms with Crippen LogP contribution in [-0.4, -0.2) is 41.9 Å². The highest BCUT2D eigenvalue weighted by molar-refractivity contribution is 7.89. The third-order valence-corrected chi connectivity index (χ3v) is 7.08. The molecule has 0 atom stereocenters. The average molecular weight is 444 g/mol. The first-order valence-electron chi connectivity index (χ1n) is 9.85. The number of carbonyl (C=O) groups is 1. The minimum Gasteiger partial charge on any atom is -0.407 e. The fourth-order valence-electron chi connectivity index (χ4n) is 3.47. The zero-order valence-corrected chi connectivity index (χ0v) is 17.4. The first kappa shape index (κ1) is 21.1. The predicted molar refractivity (Wildman–Crippen MR) is 110 cm³/mol. The fourth-order valence-corrected chi connectivity index (χ4v) is 4.94. The Morgan fingerprint density at radius 2 is 1.74 bits per heavy atom. The second-order valence-corrected chi connectivity index (χ2v) is 9.22. The topological polar surface area (TPSA) is 105 Å². The van der Waals surface area contributed by atoms with E-state index >= 15 is 0 Å². The Labute approximate surface area is 179 Å². The number of amides is 1. The number of piperidine rings is 1. The van der Waals surface area contributed by atoms with Crippen molar-refractivity contribution in [2.75, 3.05) is 18.4 Å². The molecule has 1 aromatic heterocycles. The molecular formula is C21H21FN4O4S. The molecule has 0 saturated carbocycles. The standard InChI is InChI=1S/C21H21FN4O4S/c22-17-6-8-18(9-7-17)31(28,29)26-12-10-16(11-13-26)20(27)23-21-25-24-19(30-21)14-15-4-2-1-3-5-15/h1-9,16H,10-14H2,(H,23,25,27). The van der Waals surface area contributed by atoms with Gasteiger partial charge in [0.1, 0.15) is 5.82 Å². The lowest BCUT2D eigenvalue weighted by Crippen LogP contribution is -2.41. The zero-order valence-electron chi connectivity index (χ0n) is 16.6. The van der Waals surface area contributed by atoms with E-state index in [0.717, 1.165) is 17.7 Å². The summed E-state index contributed by atoms with van der Waals surface area (Å²) in [6, 6.07) is 14.4. The van der Waals surface area contributed by atoms with Crippen molar-refractivity contribution in [2.24, 2.45) is 5.92 Å². The second kappa shape index (κ2) is 8.94. The van der Waals surface area contributed by atoms with Gasteiger partial charge in [-0.3, -0.25) is 10.1 Å². The van der Waals surface area contributed by atoms with Crippen LogP contribution in [0.2, 0.25) is 0 Å². The molecule has 162 valence electrons. The van der Waals surface area contributed by atoms with Crippen molar-refractivity contribution in [3.63, 3.8) is 0 Å². The van der Waals surface area contributed by atoms with Gasteiger partial charge in [-0.15, -0.1) is 5.10 Å². The molecule has 0 unspecified atom stereocenters. The molecule has 1 aliphatic rings. The Balaban J connectivity index is 1.32. The molecule has 0 aliphatic carbocycles. The van der Waals surface area contributed by atoms with Crippen LogP contribution in [0.15, 0.2) is 63.9 Å². The summed E-state index contributed by atoms with van der Waals surface area (Å²) in [6.07, 6.45) is 1.18. The van der Waals surface area contributed by atoms with Crippen molar-refractivity contribution in [3.8, 4) is 0 Å². The normalized spacial score (nSPS) is 15.6. The molecule has 1 amide bonds. The third-order valence-electron chi connectivity index (χ3n) is 5.17. The quantitative estimate of drug-likeness (QED) is 0.627. The number of carbonyl (C=O) groups excluding carboxylic acids is 1. The molecule has 0 spiro atoms. The van der Waals surface area contributed by atoms with Crippen LogP contribution in [0, 0.1) is 11.7 Å². The van der Waals surface area contributed by atoms with Gasteiger partial charge in [-0.25, -0.2) is 12.8 Å². The summed E-state index contributed by atoms with van der Waals surface area (Å²) in [4.78, 5) is 12.6. The van der Waals surface area contributed by atoms with Crippen LogP contribution < -0.4 is 5.32 Å². The summed E-state index contributed by atoms with van der Waals surface area (Å²) in [7, 11) is -3.72. The van der Waals surface area contributed by atoms with E-state index < -0.39 is 15.8 Å². The minimum absolute atomic E-state index is 0.0253. The number of nitrogens with one attached hydrogen (secondary N) is 1. The summed E-state index contributed by atoms with van der Waals surface area (Å²) >= 11 is 0. The maximum absolute atomic E-state index is 13.1. The van der Waals surface area contributed by atoms with Crippen molar-refractivity contribution in [1.29, 1.82) is 0 Å². The Morgan fingerprint density at radius 3 is 2.42 bits per heavy atom. The maximum Gasteiger partial charge on any atom is 0.322 e. The molecule has 1 N–H and O–H groups in total. The molecule has 0 bridgehead atoms. The molecular weight excluding hydrogens is 423 g/mol. The molecule has 1 aliphatic heterocycles. The van der Waals surface area contributed by atoms with Crippen molar-refractivity contribution in [2.45, 2.75) is 24.2 Å². The Kier molecular flexibility index (Phi) is 6.10. The van der Waals surface area contributed by atoms with Crippen LogP contribution in [0.3, 0.4) is 0 Å². The molecule has 3 aromatic rings. The summed E-state index contributed by atoms with van der Waals surface area (Å²) < 4.78 is 45.3. The number of hydrogen-bond acceptors (Lipinski definition) is 6. The molecule has 2 heterocycles.